The third-order valence-corrected chi connectivity index (χ3v) is 9.19. The van der Waals surface area contributed by atoms with Crippen LogP contribution in [0, 0.1) is 26.1 Å². The van der Waals surface area contributed by atoms with Crippen molar-refractivity contribution in [2.45, 2.75) is 33.9 Å². The van der Waals surface area contributed by atoms with Crippen LogP contribution in [0.25, 0.3) is 0 Å². The van der Waals surface area contributed by atoms with Crippen molar-refractivity contribution >= 4 is 56.4 Å². The number of nitrogens with one attached hydrogen (secondary N) is 1. The van der Waals surface area contributed by atoms with Crippen LogP contribution in [0.4, 0.5) is 17.1 Å². The molecule has 0 unspecified atom stereocenters. The second-order valence-corrected chi connectivity index (χ2v) is 11.2. The van der Waals surface area contributed by atoms with Gasteiger partial charge in [0.15, 0.2) is 0 Å². The molecule has 3 aromatic carbocycles. The second kappa shape index (κ2) is 9.20. The van der Waals surface area contributed by atoms with E-state index in [2.05, 4.69) is 27.3 Å². The maximum Gasteiger partial charge on any atom is 0.282 e. The van der Waals surface area contributed by atoms with Gasteiger partial charge in [-0.1, -0.05) is 40.2 Å². The fourth-order valence-electron chi connectivity index (χ4n) is 5.09. The van der Waals surface area contributed by atoms with Gasteiger partial charge in [0, 0.05) is 39.5 Å². The molecule has 7 nitrogen and oxygen atoms in total. The topological polar surface area (TPSA) is 98.3 Å². The van der Waals surface area contributed by atoms with Gasteiger partial charge in [0.25, 0.3) is 11.4 Å². The largest absolute Gasteiger partial charge is 0.378 e. The summed E-state index contributed by atoms with van der Waals surface area (Å²) in [5.74, 6) is 0.141. The number of rotatable bonds is 5. The number of nitro groups is 2. The number of thioether (sulfide) groups is 1. The maximum atomic E-state index is 11.5. The fraction of sp³-hybridized carbons (Fsp3) is 0.250. The number of hydrogen-bond acceptors (Lipinski definition) is 6. The van der Waals surface area contributed by atoms with Crippen LogP contribution in [0.5, 0.6) is 0 Å². The first-order valence-corrected chi connectivity index (χ1v) is 12.8. The highest BCUT2D eigenvalue weighted by atomic mass is 79.9. The number of halogens is 2. The Hall–Kier alpha value is -2.62. The SMILES string of the molecule is O=[N+]([O-])c1ccc([C@@H]2Nc3ccc(Br)cc3[C@@H]3[C@H](Cl)[C@@H](Sc4ccccc4[N+](=O)[O-])C[C@H]32)cc1. The number of anilines is 1. The standard InChI is InChI=1S/C24H19BrClN3O4S/c25-14-7-10-18-16(11-14)22-17(24(27-18)13-5-8-15(9-6-13)28(30)31)12-21(23(22)26)34-20-4-2-1-3-19(20)29(32)33/h1-11,17,21-24,27H,12H2/t17-,21+,22+,23-,24+/m1/s1. The zero-order valence-electron chi connectivity index (χ0n) is 17.6. The highest BCUT2D eigenvalue weighted by Crippen LogP contribution is 2.58. The van der Waals surface area contributed by atoms with Crippen molar-refractivity contribution in [3.05, 3.63) is 103 Å². The van der Waals surface area contributed by atoms with E-state index in [0.717, 1.165) is 27.7 Å². The lowest BCUT2D eigenvalue weighted by Gasteiger charge is -2.38. The molecule has 0 amide bonds. The molecule has 0 bridgehead atoms. The zero-order valence-corrected chi connectivity index (χ0v) is 20.8. The minimum Gasteiger partial charge on any atom is -0.378 e. The molecule has 0 spiro atoms. The molecule has 10 heteroatoms. The number of para-hydroxylation sites is 1. The number of nitrogens with zero attached hydrogens (tertiary/aromatic N) is 2. The predicted octanol–water partition coefficient (Wildman–Crippen LogP) is 7.30. The molecule has 174 valence electrons. The van der Waals surface area contributed by atoms with Crippen LogP contribution < -0.4 is 5.32 Å². The van der Waals surface area contributed by atoms with Crippen LogP contribution >= 0.6 is 39.3 Å². The van der Waals surface area contributed by atoms with Crippen molar-refractivity contribution in [3.63, 3.8) is 0 Å². The molecule has 2 aliphatic rings. The lowest BCUT2D eigenvalue weighted by molar-refractivity contribution is -0.387. The Morgan fingerprint density at radius 3 is 2.44 bits per heavy atom. The van der Waals surface area contributed by atoms with Crippen LogP contribution in [0.15, 0.2) is 76.1 Å². The molecule has 1 heterocycles. The van der Waals surface area contributed by atoms with Crippen molar-refractivity contribution in [1.29, 1.82) is 0 Å². The summed E-state index contributed by atoms with van der Waals surface area (Å²) in [6, 6.07) is 19.4. The van der Waals surface area contributed by atoms with E-state index in [0.29, 0.717) is 4.90 Å². The lowest BCUT2D eigenvalue weighted by atomic mass is 9.77. The first-order chi connectivity index (χ1) is 16.3. The van der Waals surface area contributed by atoms with E-state index < -0.39 is 4.92 Å². The summed E-state index contributed by atoms with van der Waals surface area (Å²) >= 11 is 12.1. The maximum absolute atomic E-state index is 11.5. The first-order valence-electron chi connectivity index (χ1n) is 10.7. The summed E-state index contributed by atoms with van der Waals surface area (Å²) in [6.07, 6.45) is 0.746. The van der Waals surface area contributed by atoms with E-state index in [1.807, 2.05) is 12.1 Å². The summed E-state index contributed by atoms with van der Waals surface area (Å²) in [4.78, 5) is 22.5. The molecule has 5 rings (SSSR count). The van der Waals surface area contributed by atoms with Gasteiger partial charge >= 0.3 is 0 Å². The number of alkyl halides is 1. The predicted molar refractivity (Wildman–Crippen MR) is 137 cm³/mol. The Kier molecular flexibility index (Phi) is 6.26. The Labute approximate surface area is 213 Å². The van der Waals surface area contributed by atoms with E-state index in [1.165, 1.54) is 30.0 Å². The number of nitro benzene ring substituents is 2. The summed E-state index contributed by atoms with van der Waals surface area (Å²) in [6.45, 7) is 0. The minimum absolute atomic E-state index is 0.0240. The monoisotopic (exact) mass is 559 g/mol. The van der Waals surface area contributed by atoms with Crippen LogP contribution in [0.2, 0.25) is 0 Å². The van der Waals surface area contributed by atoms with Gasteiger partial charge in [-0.15, -0.1) is 23.4 Å². The number of benzene rings is 3. The smallest absolute Gasteiger partial charge is 0.282 e. The van der Waals surface area contributed by atoms with Crippen LogP contribution in [0.1, 0.15) is 29.5 Å². The van der Waals surface area contributed by atoms with Gasteiger partial charge in [-0.2, -0.15) is 0 Å². The van der Waals surface area contributed by atoms with E-state index in [1.54, 1.807) is 30.3 Å². The summed E-state index contributed by atoms with van der Waals surface area (Å²) in [7, 11) is 0. The molecule has 1 N–H and O–H groups in total. The molecule has 3 aromatic rings. The van der Waals surface area contributed by atoms with Crippen molar-refractivity contribution in [3.8, 4) is 0 Å². The molecule has 1 fully saturated rings. The third-order valence-electron chi connectivity index (χ3n) is 6.58. The van der Waals surface area contributed by atoms with E-state index in [9.17, 15) is 20.2 Å². The lowest BCUT2D eigenvalue weighted by Crippen LogP contribution is -2.31. The molecule has 1 saturated carbocycles. The molecule has 0 saturated heterocycles. The minimum atomic E-state index is -0.405. The molecule has 34 heavy (non-hydrogen) atoms. The molecule has 5 atom stereocenters. The van der Waals surface area contributed by atoms with Gasteiger partial charge in [-0.25, -0.2) is 0 Å². The van der Waals surface area contributed by atoms with Gasteiger partial charge in [0.2, 0.25) is 0 Å². The summed E-state index contributed by atoms with van der Waals surface area (Å²) in [5.41, 5.74) is 3.18. The van der Waals surface area contributed by atoms with Crippen molar-refractivity contribution in [1.82, 2.24) is 0 Å². The fourth-order valence-corrected chi connectivity index (χ4v) is 7.41. The molecule has 0 aromatic heterocycles. The van der Waals surface area contributed by atoms with E-state index in [4.69, 9.17) is 11.6 Å². The van der Waals surface area contributed by atoms with Crippen molar-refractivity contribution < 1.29 is 9.85 Å². The molecule has 1 aliphatic carbocycles. The summed E-state index contributed by atoms with van der Waals surface area (Å²) < 4.78 is 0.958. The molecule has 1 aliphatic heterocycles. The number of hydrogen-bond donors (Lipinski definition) is 1. The quantitative estimate of drug-likeness (QED) is 0.200. The zero-order chi connectivity index (χ0) is 24.0. The second-order valence-electron chi connectivity index (χ2n) is 8.45. The van der Waals surface area contributed by atoms with Gasteiger partial charge in [0.05, 0.1) is 26.2 Å². The molecular formula is C24H19BrClN3O4S. The van der Waals surface area contributed by atoms with E-state index >= 15 is 0 Å². The Balaban J connectivity index is 1.52. The highest BCUT2D eigenvalue weighted by molar-refractivity contribution is 9.10. The van der Waals surface area contributed by atoms with Crippen molar-refractivity contribution in [2.24, 2.45) is 5.92 Å². The normalized spacial score (nSPS) is 25.2. The summed E-state index contributed by atoms with van der Waals surface area (Å²) in [5, 5.41) is 26.0. The third kappa shape index (κ3) is 4.16. The number of fused-ring (bicyclic) bond motifs is 3. The van der Waals surface area contributed by atoms with Gasteiger partial charge in [0.1, 0.15) is 0 Å². The highest BCUT2D eigenvalue weighted by Gasteiger charge is 2.50. The van der Waals surface area contributed by atoms with Gasteiger partial charge in [-0.05, 0) is 47.7 Å². The van der Waals surface area contributed by atoms with Crippen LogP contribution in [0.3, 0.4) is 0 Å². The Bertz CT molecular complexity index is 1280. The average molecular weight is 561 g/mol. The average Bonchev–Trinajstić information content (AvgIpc) is 3.15. The number of non-ortho nitro benzene ring substituents is 1. The van der Waals surface area contributed by atoms with Crippen LogP contribution in [-0.2, 0) is 0 Å². The van der Waals surface area contributed by atoms with Gasteiger partial charge in [-0.3, -0.25) is 20.2 Å². The van der Waals surface area contributed by atoms with Gasteiger partial charge < -0.3 is 5.32 Å². The molecular weight excluding hydrogens is 542 g/mol. The molecule has 0 radical (unpaired) electrons. The first kappa shape index (κ1) is 23.1. The van der Waals surface area contributed by atoms with E-state index in [-0.39, 0.29) is 44.8 Å². The van der Waals surface area contributed by atoms with Crippen molar-refractivity contribution in [2.75, 3.05) is 5.32 Å². The van der Waals surface area contributed by atoms with Crippen LogP contribution in [-0.4, -0.2) is 20.5 Å². The Morgan fingerprint density at radius 2 is 1.74 bits per heavy atom. The Morgan fingerprint density at radius 1 is 1.00 bits per heavy atom.